The molecule has 1 saturated heterocycles. The summed E-state index contributed by atoms with van der Waals surface area (Å²) in [5, 5.41) is 17.7. The predicted octanol–water partition coefficient (Wildman–Crippen LogP) is 3.46. The van der Waals surface area contributed by atoms with E-state index in [0.29, 0.717) is 36.2 Å². The van der Waals surface area contributed by atoms with E-state index in [1.165, 1.54) is 0 Å². The number of pyridine rings is 2. The molecule has 9 nitrogen and oxygen atoms in total. The van der Waals surface area contributed by atoms with Gasteiger partial charge in [-0.2, -0.15) is 0 Å². The molecular weight excluding hydrogens is 466 g/mol. The lowest BCUT2D eigenvalue weighted by molar-refractivity contribution is -0.142. The van der Waals surface area contributed by atoms with Gasteiger partial charge in [-0.1, -0.05) is 11.6 Å². The van der Waals surface area contributed by atoms with Crippen molar-refractivity contribution in [2.75, 3.05) is 30.3 Å². The number of amides is 1. The van der Waals surface area contributed by atoms with E-state index in [4.69, 9.17) is 11.6 Å². The molecule has 35 heavy (non-hydrogen) atoms. The summed E-state index contributed by atoms with van der Waals surface area (Å²) in [5.74, 6) is 1.66. The molecule has 3 aromatic heterocycles. The number of carbonyl (C=O) groups excluding carboxylic acids is 1. The Morgan fingerprint density at radius 1 is 1.14 bits per heavy atom. The van der Waals surface area contributed by atoms with Crippen molar-refractivity contribution in [3.8, 4) is 0 Å². The lowest BCUT2D eigenvalue weighted by Gasteiger charge is -2.37. The average molecular weight is 496 g/mol. The van der Waals surface area contributed by atoms with E-state index < -0.39 is 6.10 Å². The minimum absolute atomic E-state index is 0.00336. The van der Waals surface area contributed by atoms with Gasteiger partial charge in [0.2, 0.25) is 11.9 Å². The summed E-state index contributed by atoms with van der Waals surface area (Å²) >= 11 is 6.20. The van der Waals surface area contributed by atoms with E-state index in [0.717, 1.165) is 54.5 Å². The van der Waals surface area contributed by atoms with Crippen molar-refractivity contribution in [2.24, 2.45) is 5.92 Å². The largest absolute Gasteiger partial charge is 0.389 e. The standard InChI is InChI=1S/C25H30ClN7O2/c1-15(24(35)33-13-20(34)14-33)18-11-29-25(30-12-18)28-10-16-2-5-19(6-3-16)31-21-7-4-17-8-9-27-23(26)22(17)32-21/h4,7-9,11-12,15-16,19-20,34H,2-3,5-6,10,13-14H2,1H3,(H,31,32)(H,28,29,30)/t15-,16?,19?/m1/s1. The molecule has 5 rings (SSSR count). The quantitative estimate of drug-likeness (QED) is 0.427. The smallest absolute Gasteiger partial charge is 0.230 e. The topological polar surface area (TPSA) is 116 Å². The maximum atomic E-state index is 12.4. The molecule has 1 aliphatic heterocycles. The molecule has 2 aliphatic rings. The van der Waals surface area contributed by atoms with Crippen LogP contribution in [0.4, 0.5) is 11.8 Å². The van der Waals surface area contributed by atoms with Crippen molar-refractivity contribution >= 4 is 40.2 Å². The van der Waals surface area contributed by atoms with E-state index in [2.05, 4.69) is 30.6 Å². The minimum Gasteiger partial charge on any atom is -0.389 e. The van der Waals surface area contributed by atoms with Crippen LogP contribution in [0.2, 0.25) is 5.15 Å². The highest BCUT2D eigenvalue weighted by Crippen LogP contribution is 2.28. The number of nitrogens with zero attached hydrogens (tertiary/aromatic N) is 5. The highest BCUT2D eigenvalue weighted by Gasteiger charge is 2.32. The van der Waals surface area contributed by atoms with Crippen molar-refractivity contribution in [1.82, 2.24) is 24.8 Å². The molecule has 10 heteroatoms. The number of aromatic nitrogens is 4. The van der Waals surface area contributed by atoms with Gasteiger partial charge in [-0.25, -0.2) is 19.9 Å². The number of anilines is 2. The zero-order valence-electron chi connectivity index (χ0n) is 19.7. The van der Waals surface area contributed by atoms with Crippen molar-refractivity contribution < 1.29 is 9.90 Å². The molecular formula is C25H30ClN7O2. The van der Waals surface area contributed by atoms with Gasteiger partial charge in [-0.15, -0.1) is 0 Å². The fraction of sp³-hybridized carbons (Fsp3) is 0.480. The summed E-state index contributed by atoms with van der Waals surface area (Å²) < 4.78 is 0. The van der Waals surface area contributed by atoms with Gasteiger partial charge in [0.05, 0.1) is 12.0 Å². The average Bonchev–Trinajstić information content (AvgIpc) is 2.86. The maximum Gasteiger partial charge on any atom is 0.230 e. The number of carbonyl (C=O) groups is 1. The summed E-state index contributed by atoms with van der Waals surface area (Å²) in [6, 6.07) is 6.31. The van der Waals surface area contributed by atoms with E-state index in [9.17, 15) is 9.90 Å². The number of nitrogens with one attached hydrogen (secondary N) is 2. The van der Waals surface area contributed by atoms with Crippen molar-refractivity contribution in [1.29, 1.82) is 0 Å². The number of likely N-dealkylation sites (tertiary alicyclic amines) is 1. The second-order valence-electron chi connectivity index (χ2n) is 9.57. The molecule has 2 fully saturated rings. The van der Waals surface area contributed by atoms with Crippen LogP contribution in [0.1, 0.15) is 44.1 Å². The molecule has 1 saturated carbocycles. The molecule has 1 amide bonds. The van der Waals surface area contributed by atoms with Gasteiger partial charge < -0.3 is 20.6 Å². The van der Waals surface area contributed by atoms with Crippen LogP contribution >= 0.6 is 11.6 Å². The van der Waals surface area contributed by atoms with Crippen molar-refractivity contribution in [3.05, 3.63) is 47.5 Å². The summed E-state index contributed by atoms with van der Waals surface area (Å²) in [7, 11) is 0. The van der Waals surface area contributed by atoms with Crippen LogP contribution in [-0.4, -0.2) is 67.6 Å². The lowest BCUT2D eigenvalue weighted by Crippen LogP contribution is -2.54. The molecule has 3 aromatic rings. The normalized spacial score (nSPS) is 21.4. The van der Waals surface area contributed by atoms with Crippen LogP contribution in [0.25, 0.3) is 10.9 Å². The first kappa shape index (κ1) is 23.7. The summed E-state index contributed by atoms with van der Waals surface area (Å²) in [5.41, 5.74) is 1.51. The first-order valence-electron chi connectivity index (χ1n) is 12.2. The Labute approximate surface area is 209 Å². The predicted molar refractivity (Wildman–Crippen MR) is 135 cm³/mol. The van der Waals surface area contributed by atoms with Crippen LogP contribution < -0.4 is 10.6 Å². The van der Waals surface area contributed by atoms with E-state index >= 15 is 0 Å². The third-order valence-corrected chi connectivity index (χ3v) is 7.30. The minimum atomic E-state index is -0.396. The van der Waals surface area contributed by atoms with Crippen molar-refractivity contribution in [3.63, 3.8) is 0 Å². The molecule has 0 radical (unpaired) electrons. The summed E-state index contributed by atoms with van der Waals surface area (Å²) in [6.45, 7) is 3.49. The van der Waals surface area contributed by atoms with Gasteiger partial charge in [-0.3, -0.25) is 4.79 Å². The number of rotatable bonds is 7. The maximum absolute atomic E-state index is 12.4. The molecule has 4 heterocycles. The van der Waals surface area contributed by atoms with Gasteiger partial charge in [0, 0.05) is 55.2 Å². The molecule has 0 bridgehead atoms. The van der Waals surface area contributed by atoms with Gasteiger partial charge in [0.25, 0.3) is 0 Å². The van der Waals surface area contributed by atoms with Crippen LogP contribution in [0, 0.1) is 5.92 Å². The molecule has 1 aliphatic carbocycles. The van der Waals surface area contributed by atoms with E-state index in [-0.39, 0.29) is 11.8 Å². The molecule has 184 valence electrons. The Morgan fingerprint density at radius 3 is 2.60 bits per heavy atom. The second kappa shape index (κ2) is 10.3. The fourth-order valence-electron chi connectivity index (χ4n) is 4.75. The first-order chi connectivity index (χ1) is 17.0. The summed E-state index contributed by atoms with van der Waals surface area (Å²) in [6.07, 6.45) is 9.07. The SMILES string of the molecule is C[C@@H](C(=O)N1CC(O)C1)c1cnc(NCC2CCC(Nc3ccc4ccnc(Cl)c4n3)CC2)nc1. The number of halogens is 1. The van der Waals surface area contributed by atoms with Crippen LogP contribution in [-0.2, 0) is 4.79 Å². The van der Waals surface area contributed by atoms with Gasteiger partial charge in [-0.05, 0) is 56.7 Å². The zero-order chi connectivity index (χ0) is 24.4. The number of β-amino-alcohol motifs (C(OH)–C–C–N with tert-alkyl or cyclic N) is 1. The highest BCUT2D eigenvalue weighted by atomic mass is 35.5. The van der Waals surface area contributed by atoms with Crippen LogP contribution in [0.15, 0.2) is 36.8 Å². The Hall–Kier alpha value is -3.04. The molecule has 0 aromatic carbocycles. The fourth-order valence-corrected chi connectivity index (χ4v) is 4.96. The van der Waals surface area contributed by atoms with E-state index in [1.807, 2.05) is 25.1 Å². The Bertz CT molecular complexity index is 1180. The highest BCUT2D eigenvalue weighted by molar-refractivity contribution is 6.33. The second-order valence-corrected chi connectivity index (χ2v) is 9.93. The number of hydrogen-bond donors (Lipinski definition) is 3. The zero-order valence-corrected chi connectivity index (χ0v) is 20.4. The molecule has 0 unspecified atom stereocenters. The van der Waals surface area contributed by atoms with Crippen molar-refractivity contribution in [2.45, 2.75) is 50.7 Å². The molecule has 3 N–H and O–H groups in total. The Morgan fingerprint density at radius 2 is 1.89 bits per heavy atom. The first-order valence-corrected chi connectivity index (χ1v) is 12.5. The number of aliphatic hydroxyl groups excluding tert-OH is 1. The van der Waals surface area contributed by atoms with Gasteiger partial charge in [0.1, 0.15) is 11.3 Å². The monoisotopic (exact) mass is 495 g/mol. The van der Waals surface area contributed by atoms with Crippen LogP contribution in [0.5, 0.6) is 0 Å². The van der Waals surface area contributed by atoms with E-state index in [1.54, 1.807) is 23.5 Å². The van der Waals surface area contributed by atoms with Crippen LogP contribution in [0.3, 0.4) is 0 Å². The lowest BCUT2D eigenvalue weighted by atomic mass is 9.86. The molecule has 1 atom stereocenters. The number of hydrogen-bond acceptors (Lipinski definition) is 8. The third-order valence-electron chi connectivity index (χ3n) is 7.03. The Kier molecular flexibility index (Phi) is 6.97. The molecule has 0 spiro atoms. The third kappa shape index (κ3) is 5.46. The summed E-state index contributed by atoms with van der Waals surface area (Å²) in [4.78, 5) is 31.7. The number of fused-ring (bicyclic) bond motifs is 1. The Balaban J connectivity index is 1.07. The van der Waals surface area contributed by atoms with Gasteiger partial charge >= 0.3 is 0 Å². The number of aliphatic hydroxyl groups is 1. The van der Waals surface area contributed by atoms with Gasteiger partial charge in [0.15, 0.2) is 5.15 Å².